The fraction of sp³-hybridized carbons (Fsp3) is 0.320. The SMILES string of the molecule is Cn1ccnc1COc1ccc(C(=O)Nc2ccc(CN3CCC[C@H](C(N)=O)C3)cc2)cc1. The topological polar surface area (TPSA) is 102 Å². The van der Waals surface area contributed by atoms with Gasteiger partial charge in [0.15, 0.2) is 0 Å². The fourth-order valence-electron chi connectivity index (χ4n) is 3.97. The second-order valence-corrected chi connectivity index (χ2v) is 8.40. The zero-order valence-corrected chi connectivity index (χ0v) is 18.7. The van der Waals surface area contributed by atoms with Crippen LogP contribution in [-0.2, 0) is 25.0 Å². The summed E-state index contributed by atoms with van der Waals surface area (Å²) in [6, 6.07) is 14.8. The van der Waals surface area contributed by atoms with Crippen LogP contribution in [0, 0.1) is 5.92 Å². The summed E-state index contributed by atoms with van der Waals surface area (Å²) in [5.41, 5.74) is 7.88. The van der Waals surface area contributed by atoms with Crippen LogP contribution in [0.2, 0.25) is 0 Å². The number of amides is 2. The summed E-state index contributed by atoms with van der Waals surface area (Å²) in [4.78, 5) is 30.6. The molecule has 1 aliphatic heterocycles. The Morgan fingerprint density at radius 2 is 1.91 bits per heavy atom. The van der Waals surface area contributed by atoms with Crippen LogP contribution in [0.25, 0.3) is 0 Å². The summed E-state index contributed by atoms with van der Waals surface area (Å²) in [5.74, 6) is 1.04. The Morgan fingerprint density at radius 1 is 1.15 bits per heavy atom. The van der Waals surface area contributed by atoms with E-state index in [-0.39, 0.29) is 17.7 Å². The van der Waals surface area contributed by atoms with Gasteiger partial charge in [-0.1, -0.05) is 12.1 Å². The molecule has 0 unspecified atom stereocenters. The Bertz CT molecular complexity index is 1090. The second kappa shape index (κ2) is 10.3. The van der Waals surface area contributed by atoms with Crippen LogP contribution in [0.4, 0.5) is 5.69 Å². The number of nitrogens with one attached hydrogen (secondary N) is 1. The highest BCUT2D eigenvalue weighted by Gasteiger charge is 2.23. The van der Waals surface area contributed by atoms with E-state index in [0.29, 0.717) is 24.5 Å². The number of nitrogens with two attached hydrogens (primary N) is 1. The molecule has 0 saturated carbocycles. The number of benzene rings is 2. The summed E-state index contributed by atoms with van der Waals surface area (Å²) in [7, 11) is 1.92. The van der Waals surface area contributed by atoms with Gasteiger partial charge in [-0.3, -0.25) is 14.5 Å². The van der Waals surface area contributed by atoms with Crippen molar-refractivity contribution in [3.8, 4) is 5.75 Å². The number of rotatable bonds is 8. The maximum absolute atomic E-state index is 12.6. The van der Waals surface area contributed by atoms with Gasteiger partial charge in [0.05, 0.1) is 5.92 Å². The minimum atomic E-state index is -0.217. The van der Waals surface area contributed by atoms with Gasteiger partial charge >= 0.3 is 0 Å². The zero-order valence-electron chi connectivity index (χ0n) is 18.7. The second-order valence-electron chi connectivity index (χ2n) is 8.40. The summed E-state index contributed by atoms with van der Waals surface area (Å²) in [6.07, 6.45) is 5.44. The molecule has 0 aliphatic carbocycles. The molecule has 1 aliphatic rings. The minimum Gasteiger partial charge on any atom is -0.486 e. The van der Waals surface area contributed by atoms with E-state index in [4.69, 9.17) is 10.5 Å². The fourth-order valence-corrected chi connectivity index (χ4v) is 3.97. The van der Waals surface area contributed by atoms with Gasteiger partial charge in [-0.05, 0) is 61.3 Å². The van der Waals surface area contributed by atoms with Crippen LogP contribution in [-0.4, -0.2) is 39.4 Å². The number of carbonyl (C=O) groups is 2. The normalized spacial score (nSPS) is 16.3. The van der Waals surface area contributed by atoms with E-state index in [2.05, 4.69) is 15.2 Å². The summed E-state index contributed by atoms with van der Waals surface area (Å²) in [6.45, 7) is 2.79. The maximum atomic E-state index is 12.6. The van der Waals surface area contributed by atoms with Crippen LogP contribution in [0.1, 0.15) is 34.6 Å². The van der Waals surface area contributed by atoms with Crippen molar-refractivity contribution >= 4 is 17.5 Å². The number of hydrogen-bond donors (Lipinski definition) is 2. The average Bonchev–Trinajstić information content (AvgIpc) is 3.24. The summed E-state index contributed by atoms with van der Waals surface area (Å²) >= 11 is 0. The Kier molecular flexibility index (Phi) is 7.04. The first-order valence-electron chi connectivity index (χ1n) is 11.1. The molecular formula is C25H29N5O3. The van der Waals surface area contributed by atoms with Crippen LogP contribution in [0.5, 0.6) is 5.75 Å². The predicted octanol–water partition coefficient (Wildman–Crippen LogP) is 2.95. The van der Waals surface area contributed by atoms with Gasteiger partial charge in [0.25, 0.3) is 5.91 Å². The van der Waals surface area contributed by atoms with Gasteiger partial charge in [0, 0.05) is 43.8 Å². The molecule has 33 heavy (non-hydrogen) atoms. The first-order valence-corrected chi connectivity index (χ1v) is 11.1. The van der Waals surface area contributed by atoms with Crippen molar-refractivity contribution in [2.75, 3.05) is 18.4 Å². The molecule has 1 aromatic heterocycles. The van der Waals surface area contributed by atoms with E-state index in [1.807, 2.05) is 42.1 Å². The molecule has 1 saturated heterocycles. The molecule has 3 N–H and O–H groups in total. The van der Waals surface area contributed by atoms with Gasteiger partial charge in [0.1, 0.15) is 18.2 Å². The summed E-state index contributed by atoms with van der Waals surface area (Å²) in [5, 5.41) is 2.92. The van der Waals surface area contributed by atoms with Gasteiger partial charge in [-0.2, -0.15) is 0 Å². The van der Waals surface area contributed by atoms with E-state index in [0.717, 1.165) is 43.0 Å². The lowest BCUT2D eigenvalue weighted by Crippen LogP contribution is -2.40. The molecule has 0 spiro atoms. The van der Waals surface area contributed by atoms with E-state index >= 15 is 0 Å². The molecule has 8 nitrogen and oxygen atoms in total. The number of primary amides is 1. The van der Waals surface area contributed by atoms with Crippen molar-refractivity contribution in [3.63, 3.8) is 0 Å². The van der Waals surface area contributed by atoms with E-state index in [1.165, 1.54) is 0 Å². The van der Waals surface area contributed by atoms with Crippen molar-refractivity contribution in [2.24, 2.45) is 18.7 Å². The monoisotopic (exact) mass is 447 g/mol. The van der Waals surface area contributed by atoms with Crippen LogP contribution >= 0.6 is 0 Å². The molecule has 2 aromatic carbocycles. The zero-order chi connectivity index (χ0) is 23.2. The number of piperidine rings is 1. The Labute approximate surface area is 193 Å². The smallest absolute Gasteiger partial charge is 0.255 e. The molecule has 2 amide bonds. The summed E-state index contributed by atoms with van der Waals surface area (Å²) < 4.78 is 7.63. The van der Waals surface area contributed by atoms with Crippen molar-refractivity contribution in [2.45, 2.75) is 26.0 Å². The third-order valence-corrected chi connectivity index (χ3v) is 5.93. The Hall–Kier alpha value is -3.65. The lowest BCUT2D eigenvalue weighted by molar-refractivity contribution is -0.123. The number of hydrogen-bond acceptors (Lipinski definition) is 5. The van der Waals surface area contributed by atoms with Gasteiger partial charge < -0.3 is 20.4 Å². The standard InChI is InChI=1S/C25H29N5O3/c1-29-14-12-27-23(29)17-33-22-10-6-19(7-11-22)25(32)28-21-8-4-18(5-9-21)15-30-13-2-3-20(16-30)24(26)31/h4-12,14,20H,2-3,13,15-17H2,1H3,(H2,26,31)(H,28,32)/t20-/m0/s1. The molecule has 172 valence electrons. The van der Waals surface area contributed by atoms with E-state index < -0.39 is 0 Å². The van der Waals surface area contributed by atoms with Crippen LogP contribution in [0.15, 0.2) is 60.9 Å². The van der Waals surface area contributed by atoms with Crippen molar-refractivity contribution in [3.05, 3.63) is 77.9 Å². The number of aromatic nitrogens is 2. The average molecular weight is 448 g/mol. The maximum Gasteiger partial charge on any atom is 0.255 e. The molecule has 1 atom stereocenters. The highest BCUT2D eigenvalue weighted by atomic mass is 16.5. The first kappa shape index (κ1) is 22.5. The first-order chi connectivity index (χ1) is 16.0. The lowest BCUT2D eigenvalue weighted by atomic mass is 9.97. The molecule has 0 radical (unpaired) electrons. The van der Waals surface area contributed by atoms with Crippen LogP contribution < -0.4 is 15.8 Å². The van der Waals surface area contributed by atoms with E-state index in [9.17, 15) is 9.59 Å². The van der Waals surface area contributed by atoms with Crippen molar-refractivity contribution in [1.82, 2.24) is 14.5 Å². The Morgan fingerprint density at radius 3 is 2.58 bits per heavy atom. The molecule has 4 rings (SSSR count). The quantitative estimate of drug-likeness (QED) is 0.553. The number of carbonyl (C=O) groups excluding carboxylic acids is 2. The molecule has 1 fully saturated rings. The molecule has 0 bridgehead atoms. The Balaban J connectivity index is 1.28. The molecular weight excluding hydrogens is 418 g/mol. The van der Waals surface area contributed by atoms with Gasteiger partial charge in [0.2, 0.25) is 5.91 Å². The lowest BCUT2D eigenvalue weighted by Gasteiger charge is -2.31. The predicted molar refractivity (Wildman–Crippen MR) is 126 cm³/mol. The number of aryl methyl sites for hydroxylation is 1. The number of likely N-dealkylation sites (tertiary alicyclic amines) is 1. The number of imidazole rings is 1. The number of anilines is 1. The van der Waals surface area contributed by atoms with Crippen LogP contribution in [0.3, 0.4) is 0 Å². The van der Waals surface area contributed by atoms with Crippen molar-refractivity contribution < 1.29 is 14.3 Å². The number of ether oxygens (including phenoxy) is 1. The highest BCUT2D eigenvalue weighted by molar-refractivity contribution is 6.04. The van der Waals surface area contributed by atoms with E-state index in [1.54, 1.807) is 30.5 Å². The van der Waals surface area contributed by atoms with Crippen molar-refractivity contribution in [1.29, 1.82) is 0 Å². The largest absolute Gasteiger partial charge is 0.486 e. The molecule has 8 heteroatoms. The third kappa shape index (κ3) is 5.98. The van der Waals surface area contributed by atoms with Gasteiger partial charge in [-0.25, -0.2) is 4.98 Å². The molecule has 2 heterocycles. The number of nitrogens with zero attached hydrogens (tertiary/aromatic N) is 3. The van der Waals surface area contributed by atoms with Gasteiger partial charge in [-0.15, -0.1) is 0 Å². The minimum absolute atomic E-state index is 0.0658. The third-order valence-electron chi connectivity index (χ3n) is 5.93. The highest BCUT2D eigenvalue weighted by Crippen LogP contribution is 2.20. The molecule has 3 aromatic rings.